The Morgan fingerprint density at radius 3 is 3.10 bits per heavy atom. The number of nitrogens with one attached hydrogen (secondary N) is 1. The maximum atomic E-state index is 5.94. The van der Waals surface area contributed by atoms with Gasteiger partial charge in [-0.25, -0.2) is 4.98 Å². The third-order valence-electron chi connectivity index (χ3n) is 3.96. The molecule has 2 aliphatic rings. The summed E-state index contributed by atoms with van der Waals surface area (Å²) in [5.74, 6) is 0.672. The summed E-state index contributed by atoms with van der Waals surface area (Å²) in [7, 11) is 0. The number of nitrogens with zero attached hydrogens (tertiary/aromatic N) is 1. The molecule has 1 N–H and O–H groups in total. The predicted octanol–water partition coefficient (Wildman–Crippen LogP) is 2.23. The zero-order chi connectivity index (χ0) is 13.8. The molecule has 3 heterocycles. The van der Waals surface area contributed by atoms with Crippen LogP contribution in [-0.2, 0) is 9.47 Å². The normalized spacial score (nSPS) is 29.6. The summed E-state index contributed by atoms with van der Waals surface area (Å²) in [6.07, 6.45) is 4.86. The van der Waals surface area contributed by atoms with Crippen molar-refractivity contribution in [1.29, 1.82) is 0 Å². The van der Waals surface area contributed by atoms with Crippen molar-refractivity contribution in [2.75, 3.05) is 31.7 Å². The van der Waals surface area contributed by atoms with E-state index in [0.717, 1.165) is 44.8 Å². The van der Waals surface area contributed by atoms with E-state index in [-0.39, 0.29) is 5.60 Å². The third kappa shape index (κ3) is 3.04. The minimum atomic E-state index is -0.0609. The van der Waals surface area contributed by atoms with Gasteiger partial charge in [-0.1, -0.05) is 0 Å². The maximum absolute atomic E-state index is 5.94. The SMILES string of the molecule is CCOc1ccc(NC2CCOC3(CCOC3)C2)cn1. The van der Waals surface area contributed by atoms with Crippen molar-refractivity contribution < 1.29 is 14.2 Å². The van der Waals surface area contributed by atoms with Crippen LogP contribution < -0.4 is 10.1 Å². The molecule has 1 spiro atoms. The van der Waals surface area contributed by atoms with Gasteiger partial charge in [-0.15, -0.1) is 0 Å². The number of anilines is 1. The van der Waals surface area contributed by atoms with E-state index in [0.29, 0.717) is 18.5 Å². The Hall–Kier alpha value is -1.33. The standard InChI is InChI=1S/C15H22N2O3/c1-2-19-14-4-3-13(10-16-14)17-12-5-7-20-15(9-12)6-8-18-11-15/h3-4,10,12,17H,2,5-9,11H2,1H3. The summed E-state index contributed by atoms with van der Waals surface area (Å²) in [5, 5.41) is 3.55. The molecule has 0 aromatic carbocycles. The molecular weight excluding hydrogens is 256 g/mol. The van der Waals surface area contributed by atoms with E-state index in [9.17, 15) is 0 Å². The van der Waals surface area contributed by atoms with E-state index in [1.807, 2.05) is 25.3 Å². The summed E-state index contributed by atoms with van der Waals surface area (Å²) >= 11 is 0. The largest absolute Gasteiger partial charge is 0.478 e. The van der Waals surface area contributed by atoms with Gasteiger partial charge in [0.1, 0.15) is 0 Å². The van der Waals surface area contributed by atoms with Gasteiger partial charge in [-0.05, 0) is 25.8 Å². The lowest BCUT2D eigenvalue weighted by atomic mass is 9.89. The van der Waals surface area contributed by atoms with Gasteiger partial charge < -0.3 is 19.5 Å². The van der Waals surface area contributed by atoms with Gasteiger partial charge >= 0.3 is 0 Å². The van der Waals surface area contributed by atoms with Gasteiger partial charge in [0.05, 0.1) is 30.7 Å². The summed E-state index contributed by atoms with van der Waals surface area (Å²) < 4.78 is 16.8. The molecule has 1 aromatic rings. The number of hydrogen-bond donors (Lipinski definition) is 1. The molecule has 2 aliphatic heterocycles. The molecule has 0 aliphatic carbocycles. The number of rotatable bonds is 4. The topological polar surface area (TPSA) is 52.6 Å². The van der Waals surface area contributed by atoms with E-state index in [2.05, 4.69) is 10.3 Å². The molecule has 5 nitrogen and oxygen atoms in total. The number of hydrogen-bond acceptors (Lipinski definition) is 5. The lowest BCUT2D eigenvalue weighted by Crippen LogP contribution is -2.44. The average Bonchev–Trinajstić information content (AvgIpc) is 2.89. The third-order valence-corrected chi connectivity index (χ3v) is 3.96. The lowest BCUT2D eigenvalue weighted by molar-refractivity contribution is -0.0828. The Balaban J connectivity index is 1.59. The van der Waals surface area contributed by atoms with Crippen LogP contribution in [0.3, 0.4) is 0 Å². The van der Waals surface area contributed by atoms with Crippen LogP contribution in [0.2, 0.25) is 0 Å². The van der Waals surface area contributed by atoms with Crippen LogP contribution >= 0.6 is 0 Å². The van der Waals surface area contributed by atoms with Crippen LogP contribution in [0.25, 0.3) is 0 Å². The lowest BCUT2D eigenvalue weighted by Gasteiger charge is -2.37. The molecule has 0 radical (unpaired) electrons. The molecule has 2 saturated heterocycles. The van der Waals surface area contributed by atoms with Crippen LogP contribution in [0.5, 0.6) is 5.88 Å². The fourth-order valence-electron chi connectivity index (χ4n) is 2.95. The van der Waals surface area contributed by atoms with Crippen LogP contribution in [-0.4, -0.2) is 43.1 Å². The van der Waals surface area contributed by atoms with Crippen LogP contribution in [0.4, 0.5) is 5.69 Å². The van der Waals surface area contributed by atoms with E-state index in [1.54, 1.807) is 0 Å². The first-order valence-corrected chi connectivity index (χ1v) is 7.37. The maximum Gasteiger partial charge on any atom is 0.213 e. The quantitative estimate of drug-likeness (QED) is 0.915. The first-order valence-electron chi connectivity index (χ1n) is 7.37. The molecule has 2 atom stereocenters. The summed E-state index contributed by atoms with van der Waals surface area (Å²) in [6.45, 7) is 4.94. The van der Waals surface area contributed by atoms with Crippen LogP contribution in [0, 0.1) is 0 Å². The van der Waals surface area contributed by atoms with Crippen molar-refractivity contribution in [2.45, 2.75) is 37.8 Å². The van der Waals surface area contributed by atoms with E-state index < -0.39 is 0 Å². The smallest absolute Gasteiger partial charge is 0.213 e. The number of aromatic nitrogens is 1. The molecule has 0 bridgehead atoms. The van der Waals surface area contributed by atoms with Crippen molar-refractivity contribution in [1.82, 2.24) is 4.98 Å². The molecule has 5 heteroatoms. The molecule has 0 amide bonds. The van der Waals surface area contributed by atoms with Gasteiger partial charge in [0, 0.05) is 31.7 Å². The Kier molecular flexibility index (Phi) is 4.08. The highest BCUT2D eigenvalue weighted by molar-refractivity contribution is 5.43. The van der Waals surface area contributed by atoms with Crippen LogP contribution in [0.15, 0.2) is 18.3 Å². The van der Waals surface area contributed by atoms with Gasteiger partial charge in [0.2, 0.25) is 5.88 Å². The van der Waals surface area contributed by atoms with Gasteiger partial charge in [0.15, 0.2) is 0 Å². The highest BCUT2D eigenvalue weighted by atomic mass is 16.6. The Morgan fingerprint density at radius 1 is 1.45 bits per heavy atom. The predicted molar refractivity (Wildman–Crippen MR) is 76.2 cm³/mol. The van der Waals surface area contributed by atoms with Crippen molar-refractivity contribution >= 4 is 5.69 Å². The minimum Gasteiger partial charge on any atom is -0.478 e. The number of ether oxygens (including phenoxy) is 3. The molecule has 2 fully saturated rings. The summed E-state index contributed by atoms with van der Waals surface area (Å²) in [4.78, 5) is 4.28. The monoisotopic (exact) mass is 278 g/mol. The van der Waals surface area contributed by atoms with Crippen molar-refractivity contribution in [2.24, 2.45) is 0 Å². The zero-order valence-electron chi connectivity index (χ0n) is 11.9. The van der Waals surface area contributed by atoms with Gasteiger partial charge in [-0.2, -0.15) is 0 Å². The molecular formula is C15H22N2O3. The Morgan fingerprint density at radius 2 is 2.40 bits per heavy atom. The second kappa shape index (κ2) is 5.97. The van der Waals surface area contributed by atoms with Crippen LogP contribution in [0.1, 0.15) is 26.2 Å². The zero-order valence-corrected chi connectivity index (χ0v) is 11.9. The molecule has 0 saturated carbocycles. The molecule has 20 heavy (non-hydrogen) atoms. The highest BCUT2D eigenvalue weighted by Crippen LogP contribution is 2.33. The highest BCUT2D eigenvalue weighted by Gasteiger charge is 2.40. The molecule has 3 rings (SSSR count). The minimum absolute atomic E-state index is 0.0609. The van der Waals surface area contributed by atoms with Gasteiger partial charge in [0.25, 0.3) is 0 Å². The molecule has 2 unspecified atom stereocenters. The Labute approximate surface area is 119 Å². The Bertz CT molecular complexity index is 429. The van der Waals surface area contributed by atoms with E-state index in [1.165, 1.54) is 0 Å². The summed E-state index contributed by atoms with van der Waals surface area (Å²) in [5.41, 5.74) is 0.976. The summed E-state index contributed by atoms with van der Waals surface area (Å²) in [6, 6.07) is 4.34. The fraction of sp³-hybridized carbons (Fsp3) is 0.667. The van der Waals surface area contributed by atoms with E-state index >= 15 is 0 Å². The first kappa shape index (κ1) is 13.6. The number of pyridine rings is 1. The van der Waals surface area contributed by atoms with Crippen molar-refractivity contribution in [3.05, 3.63) is 18.3 Å². The van der Waals surface area contributed by atoms with Crippen molar-refractivity contribution in [3.8, 4) is 5.88 Å². The first-order chi connectivity index (χ1) is 9.80. The van der Waals surface area contributed by atoms with E-state index in [4.69, 9.17) is 14.2 Å². The second-order valence-electron chi connectivity index (χ2n) is 5.49. The fourth-order valence-corrected chi connectivity index (χ4v) is 2.95. The molecule has 1 aromatic heterocycles. The average molecular weight is 278 g/mol. The van der Waals surface area contributed by atoms with Gasteiger partial charge in [-0.3, -0.25) is 0 Å². The second-order valence-corrected chi connectivity index (χ2v) is 5.49. The van der Waals surface area contributed by atoms with Crippen molar-refractivity contribution in [3.63, 3.8) is 0 Å². The molecule has 110 valence electrons.